The molecule has 1 saturated heterocycles. The molecule has 1 aromatic carbocycles. The molecule has 2 aliphatic rings. The third-order valence-corrected chi connectivity index (χ3v) is 6.82. The van der Waals surface area contributed by atoms with Gasteiger partial charge in [0.1, 0.15) is 0 Å². The van der Waals surface area contributed by atoms with Crippen LogP contribution in [0.2, 0.25) is 0 Å². The van der Waals surface area contributed by atoms with Gasteiger partial charge in [-0.05, 0) is 55.9 Å². The lowest BCUT2D eigenvalue weighted by molar-refractivity contribution is -0.139. The van der Waals surface area contributed by atoms with E-state index in [-0.39, 0.29) is 5.92 Å². The summed E-state index contributed by atoms with van der Waals surface area (Å²) < 4.78 is 0. The van der Waals surface area contributed by atoms with Crippen molar-refractivity contribution in [1.82, 2.24) is 19.9 Å². The number of carbonyl (C=O) groups is 1. The number of rotatable bonds is 4. The third-order valence-electron chi connectivity index (χ3n) is 6.82. The molecule has 5 nitrogen and oxygen atoms in total. The van der Waals surface area contributed by atoms with Crippen molar-refractivity contribution in [3.05, 3.63) is 66.2 Å². The highest BCUT2D eigenvalue weighted by Gasteiger charge is 2.33. The smallest absolute Gasteiger partial charge is 0.225 e. The lowest BCUT2D eigenvalue weighted by Gasteiger charge is -2.36. The predicted molar refractivity (Wildman–Crippen MR) is 121 cm³/mol. The van der Waals surface area contributed by atoms with E-state index < -0.39 is 0 Å². The Kier molecular flexibility index (Phi) is 5.49. The molecule has 0 atom stereocenters. The number of benzene rings is 1. The van der Waals surface area contributed by atoms with Crippen molar-refractivity contribution >= 4 is 5.91 Å². The number of likely N-dealkylation sites (tertiary alicyclic amines) is 1. The first kappa shape index (κ1) is 19.9. The minimum absolute atomic E-state index is 0.273. The molecule has 1 aliphatic heterocycles. The van der Waals surface area contributed by atoms with Crippen LogP contribution in [-0.4, -0.2) is 38.8 Å². The summed E-state index contributed by atoms with van der Waals surface area (Å²) in [6, 6.07) is 12.3. The fraction of sp³-hybridized carbons (Fsp3) is 0.385. The van der Waals surface area contributed by atoms with Crippen molar-refractivity contribution in [2.45, 2.75) is 44.9 Å². The van der Waals surface area contributed by atoms with E-state index in [1.54, 1.807) is 6.20 Å². The Hall–Kier alpha value is -3.08. The zero-order chi connectivity index (χ0) is 21.2. The first-order valence-electron chi connectivity index (χ1n) is 11.3. The normalized spacial score (nSPS) is 17.4. The lowest BCUT2D eigenvalue weighted by atomic mass is 9.83. The van der Waals surface area contributed by atoms with Crippen molar-refractivity contribution in [2.75, 3.05) is 13.1 Å². The molecular weight excluding hydrogens is 384 g/mol. The number of piperidine rings is 1. The van der Waals surface area contributed by atoms with Crippen LogP contribution in [0.15, 0.2) is 55.0 Å². The maximum atomic E-state index is 12.7. The second kappa shape index (κ2) is 8.58. The molecule has 0 bridgehead atoms. The molecule has 0 N–H and O–H groups in total. The van der Waals surface area contributed by atoms with Crippen LogP contribution in [-0.2, 0) is 4.79 Å². The van der Waals surface area contributed by atoms with Crippen LogP contribution in [0, 0.1) is 12.8 Å². The first-order valence-corrected chi connectivity index (χ1v) is 11.3. The van der Waals surface area contributed by atoms with Gasteiger partial charge < -0.3 is 4.90 Å². The van der Waals surface area contributed by atoms with E-state index in [1.165, 1.54) is 17.5 Å². The molecule has 3 heterocycles. The molecule has 5 rings (SSSR count). The highest BCUT2D eigenvalue weighted by atomic mass is 16.2. The number of amides is 1. The Morgan fingerprint density at radius 3 is 2.45 bits per heavy atom. The molecule has 158 valence electrons. The average Bonchev–Trinajstić information content (AvgIpc) is 2.79. The monoisotopic (exact) mass is 412 g/mol. The third kappa shape index (κ3) is 3.97. The summed E-state index contributed by atoms with van der Waals surface area (Å²) in [6.45, 7) is 3.77. The van der Waals surface area contributed by atoms with Crippen LogP contribution in [0.5, 0.6) is 0 Å². The van der Waals surface area contributed by atoms with Gasteiger partial charge in [0.05, 0.1) is 5.69 Å². The molecular formula is C26H28N4O. The molecule has 0 radical (unpaired) electrons. The van der Waals surface area contributed by atoms with Crippen LogP contribution in [0.1, 0.15) is 49.3 Å². The second-order valence-electron chi connectivity index (χ2n) is 8.78. The number of carbonyl (C=O) groups excluding carboxylic acids is 1. The van der Waals surface area contributed by atoms with Gasteiger partial charge in [0, 0.05) is 54.6 Å². The fourth-order valence-electron chi connectivity index (χ4n) is 4.71. The van der Waals surface area contributed by atoms with E-state index in [4.69, 9.17) is 9.97 Å². The summed E-state index contributed by atoms with van der Waals surface area (Å²) in [5, 5.41) is 0. The van der Waals surface area contributed by atoms with Gasteiger partial charge >= 0.3 is 0 Å². The van der Waals surface area contributed by atoms with Gasteiger partial charge in [-0.2, -0.15) is 0 Å². The summed E-state index contributed by atoms with van der Waals surface area (Å²) in [5.74, 6) is 1.67. The van der Waals surface area contributed by atoms with Crippen LogP contribution < -0.4 is 0 Å². The van der Waals surface area contributed by atoms with E-state index in [2.05, 4.69) is 41.1 Å². The Morgan fingerprint density at radius 1 is 0.968 bits per heavy atom. The van der Waals surface area contributed by atoms with Crippen LogP contribution in [0.3, 0.4) is 0 Å². The Labute approximate surface area is 183 Å². The van der Waals surface area contributed by atoms with Crippen molar-refractivity contribution in [3.63, 3.8) is 0 Å². The highest BCUT2D eigenvalue weighted by Crippen LogP contribution is 2.37. The number of hydrogen-bond donors (Lipinski definition) is 0. The van der Waals surface area contributed by atoms with E-state index in [1.807, 2.05) is 24.5 Å². The SMILES string of the molecule is Cc1ccccc1-c1cnc(-c2cccnc2)nc1C1CCN(C(=O)C2CCC2)CC1. The van der Waals surface area contributed by atoms with Gasteiger partial charge in [-0.15, -0.1) is 0 Å². The van der Waals surface area contributed by atoms with E-state index in [0.29, 0.717) is 17.6 Å². The minimum atomic E-state index is 0.273. The van der Waals surface area contributed by atoms with Gasteiger partial charge in [0.25, 0.3) is 0 Å². The Morgan fingerprint density at radius 2 is 1.77 bits per heavy atom. The van der Waals surface area contributed by atoms with E-state index in [0.717, 1.165) is 55.6 Å². The van der Waals surface area contributed by atoms with Crippen LogP contribution >= 0.6 is 0 Å². The molecule has 5 heteroatoms. The molecule has 2 aromatic heterocycles. The van der Waals surface area contributed by atoms with Gasteiger partial charge in [-0.1, -0.05) is 30.7 Å². The summed E-state index contributed by atoms with van der Waals surface area (Å²) >= 11 is 0. The van der Waals surface area contributed by atoms with Crippen molar-refractivity contribution in [1.29, 1.82) is 0 Å². The van der Waals surface area contributed by atoms with Gasteiger partial charge in [0.15, 0.2) is 5.82 Å². The van der Waals surface area contributed by atoms with Crippen molar-refractivity contribution in [2.24, 2.45) is 5.92 Å². The maximum absolute atomic E-state index is 12.7. The zero-order valence-corrected chi connectivity index (χ0v) is 18.0. The number of aryl methyl sites for hydroxylation is 1. The highest BCUT2D eigenvalue weighted by molar-refractivity contribution is 5.79. The van der Waals surface area contributed by atoms with Gasteiger partial charge in [-0.25, -0.2) is 9.97 Å². The van der Waals surface area contributed by atoms with Gasteiger partial charge in [-0.3, -0.25) is 9.78 Å². The van der Waals surface area contributed by atoms with Crippen LogP contribution in [0.4, 0.5) is 0 Å². The molecule has 0 unspecified atom stereocenters. The molecule has 2 fully saturated rings. The standard InChI is InChI=1S/C26H28N4O/c1-18-6-2-3-10-22(18)23-17-28-25(21-9-5-13-27-16-21)29-24(23)19-11-14-30(15-12-19)26(31)20-7-4-8-20/h2-3,5-6,9-10,13,16-17,19-20H,4,7-8,11-12,14-15H2,1H3. The predicted octanol–water partition coefficient (Wildman–Crippen LogP) is 5.02. The Balaban J connectivity index is 1.47. The molecule has 0 spiro atoms. The largest absolute Gasteiger partial charge is 0.342 e. The van der Waals surface area contributed by atoms with Crippen LogP contribution in [0.25, 0.3) is 22.5 Å². The molecule has 1 saturated carbocycles. The second-order valence-corrected chi connectivity index (χ2v) is 8.78. The molecule has 1 amide bonds. The zero-order valence-electron chi connectivity index (χ0n) is 18.0. The van der Waals surface area contributed by atoms with Crippen molar-refractivity contribution in [3.8, 4) is 22.5 Å². The molecule has 1 aliphatic carbocycles. The van der Waals surface area contributed by atoms with Gasteiger partial charge in [0.2, 0.25) is 5.91 Å². The summed E-state index contributed by atoms with van der Waals surface area (Å²) in [7, 11) is 0. The molecule has 3 aromatic rings. The maximum Gasteiger partial charge on any atom is 0.225 e. The minimum Gasteiger partial charge on any atom is -0.342 e. The first-order chi connectivity index (χ1) is 15.2. The van der Waals surface area contributed by atoms with E-state index in [9.17, 15) is 4.79 Å². The summed E-state index contributed by atoms with van der Waals surface area (Å²) in [5.41, 5.74) is 5.54. The molecule has 31 heavy (non-hydrogen) atoms. The van der Waals surface area contributed by atoms with Crippen molar-refractivity contribution < 1.29 is 4.79 Å². The quantitative estimate of drug-likeness (QED) is 0.604. The lowest BCUT2D eigenvalue weighted by Crippen LogP contribution is -2.43. The number of nitrogens with zero attached hydrogens (tertiary/aromatic N) is 4. The average molecular weight is 413 g/mol. The summed E-state index contributed by atoms with van der Waals surface area (Å²) in [6.07, 6.45) is 10.8. The van der Waals surface area contributed by atoms with E-state index >= 15 is 0 Å². The Bertz CT molecular complexity index is 1070. The fourth-order valence-corrected chi connectivity index (χ4v) is 4.71. The topological polar surface area (TPSA) is 59.0 Å². The number of hydrogen-bond acceptors (Lipinski definition) is 4. The number of aromatic nitrogens is 3. The number of pyridine rings is 1. The summed E-state index contributed by atoms with van der Waals surface area (Å²) in [4.78, 5) is 28.8.